The molecule has 3 heterocycles. The minimum Gasteiger partial charge on any atom is -0.414 e. The Kier molecular flexibility index (Phi) is 5.61. The van der Waals surface area contributed by atoms with Crippen molar-refractivity contribution in [1.82, 2.24) is 9.55 Å². The van der Waals surface area contributed by atoms with E-state index < -0.39 is 37.7 Å². The van der Waals surface area contributed by atoms with Crippen LogP contribution >= 0.6 is 15.9 Å². The Labute approximate surface area is 173 Å². The van der Waals surface area contributed by atoms with Crippen molar-refractivity contribution in [1.29, 1.82) is 0 Å². The van der Waals surface area contributed by atoms with E-state index in [9.17, 15) is 9.59 Å². The van der Waals surface area contributed by atoms with Crippen LogP contribution in [0.3, 0.4) is 0 Å². The third kappa shape index (κ3) is 4.08. The van der Waals surface area contributed by atoms with Crippen molar-refractivity contribution in [2.45, 2.75) is 83.1 Å². The second kappa shape index (κ2) is 7.17. The van der Waals surface area contributed by atoms with E-state index in [0.717, 1.165) is 0 Å². The van der Waals surface area contributed by atoms with Gasteiger partial charge in [0.05, 0.1) is 11.1 Å². The predicted octanol–water partition coefficient (Wildman–Crippen LogP) is 2.74. The van der Waals surface area contributed by atoms with E-state index in [1.165, 1.54) is 10.8 Å². The summed E-state index contributed by atoms with van der Waals surface area (Å²) < 4.78 is 26.2. The van der Waals surface area contributed by atoms with Gasteiger partial charge in [-0.3, -0.25) is 14.3 Å². The standard InChI is InChI=1S/C18H29BrN2O6Si/c1-17(2,3)28(6,7)24-9-11-12-13(27-18(4,5)26-12)15(25-11)21-8-10(19)14(22)20-16(21)23/h8,11-13,15H,9H2,1-7H3,(H,20,22,23)/t11-,12-,13-,15-/m1/s1. The number of ether oxygens (including phenoxy) is 3. The van der Waals surface area contributed by atoms with Crippen LogP contribution in [0.2, 0.25) is 18.1 Å². The highest BCUT2D eigenvalue weighted by Gasteiger charge is 2.56. The number of nitrogens with zero attached hydrogens (tertiary/aromatic N) is 1. The Morgan fingerprint density at radius 2 is 1.86 bits per heavy atom. The number of nitrogens with one attached hydrogen (secondary N) is 1. The van der Waals surface area contributed by atoms with E-state index in [-0.39, 0.29) is 21.7 Å². The highest BCUT2D eigenvalue weighted by molar-refractivity contribution is 9.10. The second-order valence-electron chi connectivity index (χ2n) is 9.34. The number of aromatic nitrogens is 2. The van der Waals surface area contributed by atoms with Gasteiger partial charge in [-0.05, 0) is 47.9 Å². The summed E-state index contributed by atoms with van der Waals surface area (Å²) >= 11 is 3.17. The lowest BCUT2D eigenvalue weighted by atomic mass is 10.1. The summed E-state index contributed by atoms with van der Waals surface area (Å²) in [6, 6.07) is 0. The Hall–Kier alpha value is -0.783. The zero-order valence-corrected chi connectivity index (χ0v) is 20.0. The van der Waals surface area contributed by atoms with Crippen molar-refractivity contribution in [2.24, 2.45) is 0 Å². The molecule has 0 spiro atoms. The Balaban J connectivity index is 1.88. The molecule has 1 aromatic rings. The van der Waals surface area contributed by atoms with E-state index >= 15 is 0 Å². The van der Waals surface area contributed by atoms with E-state index in [1.54, 1.807) is 0 Å². The summed E-state index contributed by atoms with van der Waals surface area (Å²) in [6.07, 6.45) is -0.542. The Morgan fingerprint density at radius 3 is 2.46 bits per heavy atom. The molecule has 1 aromatic heterocycles. The van der Waals surface area contributed by atoms with Crippen LogP contribution in [0.25, 0.3) is 0 Å². The minimum absolute atomic E-state index is 0.0669. The summed E-state index contributed by atoms with van der Waals surface area (Å²) in [6.45, 7) is 14.9. The molecule has 4 atom stereocenters. The second-order valence-corrected chi connectivity index (χ2v) is 15.0. The maximum atomic E-state index is 12.4. The van der Waals surface area contributed by atoms with Crippen LogP contribution in [0.15, 0.2) is 20.3 Å². The first-order chi connectivity index (χ1) is 12.7. The summed E-state index contributed by atoms with van der Waals surface area (Å²) in [5, 5.41) is 0.0669. The van der Waals surface area contributed by atoms with Gasteiger partial charge in [0.1, 0.15) is 18.3 Å². The molecule has 0 aliphatic carbocycles. The normalized spacial score (nSPS) is 29.9. The van der Waals surface area contributed by atoms with Crippen molar-refractivity contribution in [3.63, 3.8) is 0 Å². The van der Waals surface area contributed by atoms with Gasteiger partial charge in [0.15, 0.2) is 20.3 Å². The molecule has 0 amide bonds. The first-order valence-corrected chi connectivity index (χ1v) is 13.1. The largest absolute Gasteiger partial charge is 0.414 e. The SMILES string of the molecule is CC1(C)O[C@@H]2[C@H](O1)[C@@H](CO[Si](C)(C)C(C)(C)C)O[C@H]2n1cc(Br)c(=O)[nH]c1=O. The molecule has 2 saturated heterocycles. The molecule has 0 aromatic carbocycles. The van der Waals surface area contributed by atoms with Crippen molar-refractivity contribution >= 4 is 24.2 Å². The average molecular weight is 477 g/mol. The first kappa shape index (κ1) is 21.9. The molecule has 1 N–H and O–H groups in total. The third-order valence-corrected chi connectivity index (χ3v) is 10.8. The molecule has 0 radical (unpaired) electrons. The van der Waals surface area contributed by atoms with Gasteiger partial charge in [0, 0.05) is 6.20 Å². The van der Waals surface area contributed by atoms with Crippen LogP contribution in [-0.2, 0) is 18.6 Å². The van der Waals surface area contributed by atoms with Gasteiger partial charge in [0.25, 0.3) is 5.56 Å². The number of hydrogen-bond acceptors (Lipinski definition) is 6. The topological polar surface area (TPSA) is 91.8 Å². The van der Waals surface area contributed by atoms with Crippen LogP contribution in [-0.4, -0.2) is 48.6 Å². The van der Waals surface area contributed by atoms with E-state index in [4.69, 9.17) is 18.6 Å². The lowest BCUT2D eigenvalue weighted by molar-refractivity contribution is -0.200. The number of hydrogen-bond donors (Lipinski definition) is 1. The number of fused-ring (bicyclic) bond motifs is 1. The van der Waals surface area contributed by atoms with Gasteiger partial charge >= 0.3 is 5.69 Å². The molecule has 2 aliphatic heterocycles. The van der Waals surface area contributed by atoms with Crippen molar-refractivity contribution in [3.05, 3.63) is 31.5 Å². The average Bonchev–Trinajstić information content (AvgIpc) is 3.01. The van der Waals surface area contributed by atoms with Crippen molar-refractivity contribution < 1.29 is 18.6 Å². The molecule has 0 saturated carbocycles. The quantitative estimate of drug-likeness (QED) is 0.671. The molecule has 8 nitrogen and oxygen atoms in total. The minimum atomic E-state index is -1.98. The summed E-state index contributed by atoms with van der Waals surface area (Å²) in [5.74, 6) is -0.796. The lowest BCUT2D eigenvalue weighted by Gasteiger charge is -2.37. The van der Waals surface area contributed by atoms with E-state index in [2.05, 4.69) is 54.8 Å². The van der Waals surface area contributed by atoms with Crippen molar-refractivity contribution in [2.75, 3.05) is 6.61 Å². The third-order valence-electron chi connectivity index (χ3n) is 5.74. The predicted molar refractivity (Wildman–Crippen MR) is 110 cm³/mol. The number of H-pyrrole nitrogens is 1. The summed E-state index contributed by atoms with van der Waals surface area (Å²) in [4.78, 5) is 26.3. The maximum Gasteiger partial charge on any atom is 0.330 e. The van der Waals surface area contributed by atoms with Crippen LogP contribution in [0, 0.1) is 0 Å². The molecule has 28 heavy (non-hydrogen) atoms. The van der Waals surface area contributed by atoms with Crippen molar-refractivity contribution in [3.8, 4) is 0 Å². The lowest BCUT2D eigenvalue weighted by Crippen LogP contribution is -2.44. The highest BCUT2D eigenvalue weighted by atomic mass is 79.9. The number of halogens is 1. The summed E-state index contributed by atoms with van der Waals surface area (Å²) in [7, 11) is -1.98. The first-order valence-electron chi connectivity index (χ1n) is 9.38. The molecule has 2 aliphatic rings. The van der Waals surface area contributed by atoms with Gasteiger partial charge in [-0.2, -0.15) is 0 Å². The van der Waals surface area contributed by atoms with Crippen LogP contribution < -0.4 is 11.2 Å². The Morgan fingerprint density at radius 1 is 1.25 bits per heavy atom. The van der Waals surface area contributed by atoms with Crippen LogP contribution in [0.5, 0.6) is 0 Å². The highest BCUT2D eigenvalue weighted by Crippen LogP contribution is 2.44. The molecule has 3 rings (SSSR count). The van der Waals surface area contributed by atoms with Gasteiger partial charge in [0.2, 0.25) is 0 Å². The van der Waals surface area contributed by atoms with Gasteiger partial charge in [-0.1, -0.05) is 20.8 Å². The van der Waals surface area contributed by atoms with Gasteiger partial charge in [-0.15, -0.1) is 0 Å². The smallest absolute Gasteiger partial charge is 0.330 e. The maximum absolute atomic E-state index is 12.4. The number of aromatic amines is 1. The van der Waals surface area contributed by atoms with Crippen LogP contribution in [0.1, 0.15) is 40.8 Å². The Bertz CT molecular complexity index is 859. The monoisotopic (exact) mass is 476 g/mol. The van der Waals surface area contributed by atoms with Gasteiger partial charge in [-0.25, -0.2) is 4.79 Å². The zero-order valence-electron chi connectivity index (χ0n) is 17.4. The molecule has 2 fully saturated rings. The molecule has 0 unspecified atom stereocenters. The van der Waals surface area contributed by atoms with E-state index in [0.29, 0.717) is 6.61 Å². The van der Waals surface area contributed by atoms with E-state index in [1.807, 2.05) is 13.8 Å². The van der Waals surface area contributed by atoms with Gasteiger partial charge < -0.3 is 18.6 Å². The molecule has 0 bridgehead atoms. The molecule has 10 heteroatoms. The molecular weight excluding hydrogens is 448 g/mol. The zero-order chi connectivity index (χ0) is 21.1. The summed E-state index contributed by atoms with van der Waals surface area (Å²) in [5.41, 5.74) is -1.05. The molecule has 158 valence electrons. The fourth-order valence-corrected chi connectivity index (χ4v) is 4.51. The fourth-order valence-electron chi connectivity index (χ4n) is 3.17. The fraction of sp³-hybridized carbons (Fsp3) is 0.778. The molecular formula is C18H29BrN2O6Si. The number of rotatable bonds is 4. The van der Waals surface area contributed by atoms with Crippen LogP contribution in [0.4, 0.5) is 0 Å².